The molecule has 0 bridgehead atoms. The molecule has 1 aliphatic carbocycles. The fourth-order valence-electron chi connectivity index (χ4n) is 2.48. The molecule has 0 saturated heterocycles. The van der Waals surface area contributed by atoms with Crippen LogP contribution in [0.2, 0.25) is 0 Å². The molecule has 0 amide bonds. The molecule has 0 spiro atoms. The Morgan fingerprint density at radius 3 is 2.56 bits per heavy atom. The maximum Gasteiger partial charge on any atom is 0.330 e. The van der Waals surface area contributed by atoms with Crippen LogP contribution in [-0.4, -0.2) is 26.2 Å². The first-order valence-electron chi connectivity index (χ1n) is 5.59. The first-order chi connectivity index (χ1) is 8.54. The Kier molecular flexibility index (Phi) is 3.09. The van der Waals surface area contributed by atoms with Crippen molar-refractivity contribution in [2.24, 2.45) is 5.73 Å². The van der Waals surface area contributed by atoms with Gasteiger partial charge in [0.1, 0.15) is 5.54 Å². The minimum absolute atomic E-state index is 0.172. The Labute approximate surface area is 105 Å². The normalized spacial score (nSPS) is 25.4. The predicted octanol–water partition coefficient (Wildman–Crippen LogP) is 0.674. The van der Waals surface area contributed by atoms with E-state index in [9.17, 15) is 9.59 Å². The molecule has 5 nitrogen and oxygen atoms in total. The lowest BCUT2D eigenvalue weighted by atomic mass is 9.93. The van der Waals surface area contributed by atoms with Crippen molar-refractivity contribution in [3.05, 3.63) is 35.4 Å². The Bertz CT molecular complexity index is 500. The second-order valence-corrected chi connectivity index (χ2v) is 4.33. The number of methoxy groups -OCH3 is 2. The summed E-state index contributed by atoms with van der Waals surface area (Å²) in [5.41, 5.74) is 6.22. The van der Waals surface area contributed by atoms with Crippen LogP contribution in [0.25, 0.3) is 0 Å². The first-order valence-corrected chi connectivity index (χ1v) is 5.59. The number of nitrogens with two attached hydrogens (primary N) is 1. The number of hydrogen-bond acceptors (Lipinski definition) is 5. The van der Waals surface area contributed by atoms with Gasteiger partial charge in [-0.05, 0) is 17.5 Å². The van der Waals surface area contributed by atoms with Crippen molar-refractivity contribution in [1.82, 2.24) is 0 Å². The fraction of sp³-hybridized carbons (Fsp3) is 0.385. The second-order valence-electron chi connectivity index (χ2n) is 4.33. The highest BCUT2D eigenvalue weighted by molar-refractivity contribution is 5.89. The van der Waals surface area contributed by atoms with Crippen molar-refractivity contribution in [3.63, 3.8) is 0 Å². The average molecular weight is 249 g/mol. The molecular formula is C13H15NO4. The fourth-order valence-corrected chi connectivity index (χ4v) is 2.48. The molecule has 2 N–H and O–H groups in total. The minimum atomic E-state index is -1.27. The van der Waals surface area contributed by atoms with Gasteiger partial charge in [-0.3, -0.25) is 4.79 Å². The SMILES string of the molecule is COC(=O)[C@@H]1C[C@](N)(C(=O)OC)c2ccccc21. The molecule has 0 aromatic heterocycles. The Hall–Kier alpha value is -1.88. The zero-order valence-corrected chi connectivity index (χ0v) is 10.3. The number of ether oxygens (including phenoxy) is 2. The van der Waals surface area contributed by atoms with E-state index in [-0.39, 0.29) is 6.42 Å². The number of carbonyl (C=O) groups excluding carboxylic acids is 2. The van der Waals surface area contributed by atoms with Crippen molar-refractivity contribution in [3.8, 4) is 0 Å². The minimum Gasteiger partial charge on any atom is -0.469 e. The summed E-state index contributed by atoms with van der Waals surface area (Å²) in [5.74, 6) is -1.45. The van der Waals surface area contributed by atoms with Crippen LogP contribution >= 0.6 is 0 Å². The number of hydrogen-bond donors (Lipinski definition) is 1. The molecule has 0 unspecified atom stereocenters. The summed E-state index contributed by atoms with van der Waals surface area (Å²) >= 11 is 0. The van der Waals surface area contributed by atoms with Gasteiger partial charge in [-0.2, -0.15) is 0 Å². The molecule has 2 rings (SSSR count). The van der Waals surface area contributed by atoms with Gasteiger partial charge < -0.3 is 15.2 Å². The lowest BCUT2D eigenvalue weighted by Gasteiger charge is -2.22. The van der Waals surface area contributed by atoms with E-state index in [0.717, 1.165) is 5.56 Å². The van der Waals surface area contributed by atoms with Crippen LogP contribution in [0, 0.1) is 0 Å². The molecule has 0 radical (unpaired) electrons. The smallest absolute Gasteiger partial charge is 0.330 e. The van der Waals surface area contributed by atoms with E-state index in [4.69, 9.17) is 15.2 Å². The summed E-state index contributed by atoms with van der Waals surface area (Å²) in [5, 5.41) is 0. The maximum atomic E-state index is 11.9. The number of carbonyl (C=O) groups is 2. The van der Waals surface area contributed by atoms with Gasteiger partial charge in [0, 0.05) is 0 Å². The first kappa shape index (κ1) is 12.6. The lowest BCUT2D eigenvalue weighted by Crippen LogP contribution is -2.44. The summed E-state index contributed by atoms with van der Waals surface area (Å²) in [4.78, 5) is 23.6. The van der Waals surface area contributed by atoms with Gasteiger partial charge in [0.2, 0.25) is 0 Å². The summed E-state index contributed by atoms with van der Waals surface area (Å²) in [7, 11) is 2.60. The van der Waals surface area contributed by atoms with Crippen molar-refractivity contribution >= 4 is 11.9 Å². The zero-order valence-electron chi connectivity index (χ0n) is 10.3. The Morgan fingerprint density at radius 1 is 1.28 bits per heavy atom. The molecule has 1 aromatic carbocycles. The highest BCUT2D eigenvalue weighted by atomic mass is 16.5. The van der Waals surface area contributed by atoms with Crippen LogP contribution in [0.5, 0.6) is 0 Å². The van der Waals surface area contributed by atoms with E-state index >= 15 is 0 Å². The highest BCUT2D eigenvalue weighted by Gasteiger charge is 2.49. The molecule has 1 aromatic rings. The van der Waals surface area contributed by atoms with E-state index < -0.39 is 23.4 Å². The molecule has 5 heteroatoms. The third-order valence-electron chi connectivity index (χ3n) is 3.38. The van der Waals surface area contributed by atoms with Gasteiger partial charge in [-0.25, -0.2) is 4.79 Å². The van der Waals surface area contributed by atoms with Crippen molar-refractivity contribution in [2.45, 2.75) is 17.9 Å². The molecular weight excluding hydrogens is 234 g/mol. The van der Waals surface area contributed by atoms with Crippen LogP contribution in [0.15, 0.2) is 24.3 Å². The van der Waals surface area contributed by atoms with Crippen molar-refractivity contribution in [1.29, 1.82) is 0 Å². The van der Waals surface area contributed by atoms with Crippen LogP contribution in [0.1, 0.15) is 23.5 Å². The maximum absolute atomic E-state index is 11.9. The highest BCUT2D eigenvalue weighted by Crippen LogP contribution is 2.44. The number of rotatable bonds is 2. The van der Waals surface area contributed by atoms with E-state index in [0.29, 0.717) is 5.56 Å². The quantitative estimate of drug-likeness (QED) is 0.779. The third kappa shape index (κ3) is 1.67. The third-order valence-corrected chi connectivity index (χ3v) is 3.38. The molecule has 0 aliphatic heterocycles. The van der Waals surface area contributed by atoms with Gasteiger partial charge in [0.25, 0.3) is 0 Å². The molecule has 0 fully saturated rings. The largest absolute Gasteiger partial charge is 0.469 e. The average Bonchev–Trinajstić information content (AvgIpc) is 2.72. The molecule has 0 heterocycles. The van der Waals surface area contributed by atoms with Crippen LogP contribution in [-0.2, 0) is 24.6 Å². The van der Waals surface area contributed by atoms with Crippen LogP contribution in [0.4, 0.5) is 0 Å². The summed E-state index contributed by atoms with van der Waals surface area (Å²) < 4.78 is 9.49. The zero-order chi connectivity index (χ0) is 13.3. The Balaban J connectivity index is 2.51. The van der Waals surface area contributed by atoms with Crippen molar-refractivity contribution < 1.29 is 19.1 Å². The van der Waals surface area contributed by atoms with E-state index in [1.807, 2.05) is 0 Å². The predicted molar refractivity (Wildman–Crippen MR) is 63.7 cm³/mol. The van der Waals surface area contributed by atoms with Crippen LogP contribution < -0.4 is 5.73 Å². The Morgan fingerprint density at radius 2 is 1.94 bits per heavy atom. The van der Waals surface area contributed by atoms with E-state index in [2.05, 4.69) is 0 Å². The molecule has 18 heavy (non-hydrogen) atoms. The van der Waals surface area contributed by atoms with Gasteiger partial charge >= 0.3 is 11.9 Å². The van der Waals surface area contributed by atoms with E-state index in [1.54, 1.807) is 24.3 Å². The summed E-state index contributed by atoms with van der Waals surface area (Å²) in [6.07, 6.45) is 0.172. The van der Waals surface area contributed by atoms with Gasteiger partial charge in [-0.15, -0.1) is 0 Å². The number of benzene rings is 1. The second kappa shape index (κ2) is 4.42. The standard InChI is InChI=1S/C13H15NO4/c1-17-11(15)9-7-13(14,12(16)18-2)10-6-4-3-5-8(9)10/h3-6,9H,7,14H2,1-2H3/t9-,13-/m1/s1. The molecule has 96 valence electrons. The molecule has 1 aliphatic rings. The van der Waals surface area contributed by atoms with E-state index in [1.165, 1.54) is 14.2 Å². The number of fused-ring (bicyclic) bond motifs is 1. The topological polar surface area (TPSA) is 78.6 Å². The lowest BCUT2D eigenvalue weighted by molar-refractivity contribution is -0.148. The monoisotopic (exact) mass is 249 g/mol. The van der Waals surface area contributed by atoms with Crippen molar-refractivity contribution in [2.75, 3.05) is 14.2 Å². The summed E-state index contributed by atoms with van der Waals surface area (Å²) in [6.45, 7) is 0. The van der Waals surface area contributed by atoms with Gasteiger partial charge in [-0.1, -0.05) is 24.3 Å². The molecule has 0 saturated carbocycles. The van der Waals surface area contributed by atoms with Crippen LogP contribution in [0.3, 0.4) is 0 Å². The summed E-state index contributed by atoms with van der Waals surface area (Å²) in [6, 6.07) is 7.12. The van der Waals surface area contributed by atoms with Gasteiger partial charge in [0.05, 0.1) is 20.1 Å². The molecule has 2 atom stereocenters. The number of esters is 2. The van der Waals surface area contributed by atoms with Gasteiger partial charge in [0.15, 0.2) is 0 Å².